The number of H-pyrrole nitrogens is 1. The second kappa shape index (κ2) is 9.74. The number of aromatic amines is 1. The zero-order valence-corrected chi connectivity index (χ0v) is 26.8. The van der Waals surface area contributed by atoms with Gasteiger partial charge in [-0.3, -0.25) is 0 Å². The second-order valence-corrected chi connectivity index (χ2v) is 14.5. The van der Waals surface area contributed by atoms with Gasteiger partial charge in [-0.25, -0.2) is 9.97 Å². The van der Waals surface area contributed by atoms with Gasteiger partial charge in [-0.15, -0.1) is 0 Å². The lowest BCUT2D eigenvalue weighted by Gasteiger charge is -2.22. The topological polar surface area (TPSA) is 41.6 Å². The third-order valence-corrected chi connectivity index (χ3v) is 9.24. The van der Waals surface area contributed by atoms with Gasteiger partial charge in [0.25, 0.3) is 0 Å². The van der Waals surface area contributed by atoms with Gasteiger partial charge < -0.3 is 4.98 Å². The summed E-state index contributed by atoms with van der Waals surface area (Å²) in [5.74, 6) is 0. The first-order valence-electron chi connectivity index (χ1n) is 15.8. The van der Waals surface area contributed by atoms with Gasteiger partial charge in [0.1, 0.15) is 0 Å². The first-order valence-corrected chi connectivity index (χ1v) is 15.8. The van der Waals surface area contributed by atoms with E-state index in [1.54, 1.807) is 0 Å². The number of nitrogens with zero attached hydrogens (tertiary/aromatic N) is 2. The number of nitrogens with one attached hydrogen (secondary N) is 1. The van der Waals surface area contributed by atoms with E-state index in [0.717, 1.165) is 61.6 Å². The smallest absolute Gasteiger partial charge is 0.0736 e. The number of aromatic nitrogens is 3. The minimum absolute atomic E-state index is 0.0354. The molecule has 45 heavy (non-hydrogen) atoms. The van der Waals surface area contributed by atoms with Crippen LogP contribution >= 0.6 is 0 Å². The molecular formula is C42H37N3. The molecule has 3 nitrogen and oxygen atoms in total. The summed E-state index contributed by atoms with van der Waals surface area (Å²) in [6.45, 7) is 13.7. The number of rotatable bonds is 1. The lowest BCUT2D eigenvalue weighted by molar-refractivity contribution is 0.590. The van der Waals surface area contributed by atoms with Gasteiger partial charge in [-0.05, 0) is 87.7 Å². The van der Waals surface area contributed by atoms with Crippen LogP contribution in [0.25, 0.3) is 78.0 Å². The average molecular weight is 584 g/mol. The molecule has 1 aliphatic heterocycles. The van der Waals surface area contributed by atoms with Crippen molar-refractivity contribution in [2.75, 3.05) is 0 Å². The molecule has 8 bridgehead atoms. The quantitative estimate of drug-likeness (QED) is 0.209. The zero-order valence-electron chi connectivity index (χ0n) is 26.8. The molecule has 4 aromatic carbocycles. The third-order valence-electron chi connectivity index (χ3n) is 9.24. The van der Waals surface area contributed by atoms with E-state index in [9.17, 15) is 0 Å². The summed E-state index contributed by atoms with van der Waals surface area (Å²) in [6, 6.07) is 39.6. The van der Waals surface area contributed by atoms with Crippen molar-refractivity contribution >= 4 is 21.8 Å². The van der Waals surface area contributed by atoms with Gasteiger partial charge in [0.15, 0.2) is 0 Å². The standard InChI is InChI=1S/C42H37N3/c1-41(2,3)29-21-31-32-22-30(42(4,5)6)24-34-38-20-28(25-12-8-7-9-13-25)19-37(44-38)27-15-10-14-26(18-27)35-16-11-17-36(43-35)33(23-29)39(31)45-40(32)34/h7-24,45H,1-6H3. The average Bonchev–Trinajstić information content (AvgIpc) is 3.42. The van der Waals surface area contributed by atoms with Crippen molar-refractivity contribution in [1.82, 2.24) is 15.0 Å². The fraction of sp³-hybridized carbons (Fsp3) is 0.190. The van der Waals surface area contributed by atoms with Crippen LogP contribution in [0, 0.1) is 0 Å². The number of fused-ring (bicyclic) bond motifs is 11. The Morgan fingerprint density at radius 2 is 0.933 bits per heavy atom. The molecule has 1 N–H and O–H groups in total. The van der Waals surface area contributed by atoms with Crippen molar-refractivity contribution in [1.29, 1.82) is 0 Å². The summed E-state index contributed by atoms with van der Waals surface area (Å²) >= 11 is 0. The fourth-order valence-electron chi connectivity index (χ4n) is 6.57. The largest absolute Gasteiger partial charge is 0.353 e. The summed E-state index contributed by atoms with van der Waals surface area (Å²) in [7, 11) is 0. The number of pyridine rings is 2. The Balaban J connectivity index is 1.59. The van der Waals surface area contributed by atoms with E-state index in [2.05, 4.69) is 156 Å². The molecule has 7 aromatic rings. The van der Waals surface area contributed by atoms with Crippen molar-refractivity contribution in [3.05, 3.63) is 120 Å². The normalized spacial score (nSPS) is 12.7. The zero-order chi connectivity index (χ0) is 31.1. The van der Waals surface area contributed by atoms with Crippen LogP contribution in [0.2, 0.25) is 0 Å². The molecular weight excluding hydrogens is 546 g/mol. The van der Waals surface area contributed by atoms with Crippen molar-refractivity contribution in [3.8, 4) is 56.2 Å². The molecule has 220 valence electrons. The molecule has 0 spiro atoms. The maximum absolute atomic E-state index is 5.41. The number of hydrogen-bond donors (Lipinski definition) is 1. The SMILES string of the molecule is CC(C)(C)c1cc2c3[nH]c4c(cc(C(C)(C)C)cc4c3c1)-c1cc(-c3ccccc3)cc(n1)-c1cccc(c1)-c1cccc-2n1. The summed E-state index contributed by atoms with van der Waals surface area (Å²) < 4.78 is 0. The van der Waals surface area contributed by atoms with Crippen LogP contribution in [0.4, 0.5) is 0 Å². The Kier molecular flexibility index (Phi) is 5.96. The molecule has 8 rings (SSSR count). The van der Waals surface area contributed by atoms with E-state index >= 15 is 0 Å². The van der Waals surface area contributed by atoms with Gasteiger partial charge in [-0.2, -0.15) is 0 Å². The molecule has 4 heterocycles. The second-order valence-electron chi connectivity index (χ2n) is 14.5. The minimum atomic E-state index is -0.0516. The Morgan fingerprint density at radius 1 is 0.422 bits per heavy atom. The third kappa shape index (κ3) is 4.66. The molecule has 3 aromatic heterocycles. The van der Waals surface area contributed by atoms with Gasteiger partial charge >= 0.3 is 0 Å². The monoisotopic (exact) mass is 583 g/mol. The number of hydrogen-bond acceptors (Lipinski definition) is 2. The van der Waals surface area contributed by atoms with Crippen molar-refractivity contribution < 1.29 is 0 Å². The molecule has 0 amide bonds. The molecule has 3 heteroatoms. The lowest BCUT2D eigenvalue weighted by Crippen LogP contribution is -2.11. The van der Waals surface area contributed by atoms with E-state index in [0.29, 0.717) is 0 Å². The molecule has 0 aliphatic carbocycles. The highest BCUT2D eigenvalue weighted by atomic mass is 14.8. The highest BCUT2D eigenvalue weighted by Gasteiger charge is 2.24. The maximum atomic E-state index is 5.41. The summed E-state index contributed by atoms with van der Waals surface area (Å²) in [5.41, 5.74) is 15.2. The van der Waals surface area contributed by atoms with E-state index in [4.69, 9.17) is 9.97 Å². The predicted molar refractivity (Wildman–Crippen MR) is 190 cm³/mol. The Hall–Kier alpha value is -5.02. The molecule has 0 unspecified atom stereocenters. The molecule has 0 saturated heterocycles. The summed E-state index contributed by atoms with van der Waals surface area (Å²) in [6.07, 6.45) is 0. The Morgan fingerprint density at radius 3 is 1.58 bits per heavy atom. The highest BCUT2D eigenvalue weighted by Crippen LogP contribution is 2.43. The highest BCUT2D eigenvalue weighted by molar-refractivity contribution is 6.16. The van der Waals surface area contributed by atoms with Crippen LogP contribution in [-0.2, 0) is 10.8 Å². The molecule has 1 aliphatic rings. The minimum Gasteiger partial charge on any atom is -0.353 e. The van der Waals surface area contributed by atoms with Crippen LogP contribution < -0.4 is 0 Å². The van der Waals surface area contributed by atoms with E-state index in [1.807, 2.05) is 0 Å². The van der Waals surface area contributed by atoms with Crippen LogP contribution in [-0.4, -0.2) is 15.0 Å². The molecule has 0 radical (unpaired) electrons. The van der Waals surface area contributed by atoms with Gasteiger partial charge in [-0.1, -0.05) is 96.1 Å². The predicted octanol–water partition coefficient (Wildman–Crippen LogP) is 11.4. The van der Waals surface area contributed by atoms with Crippen molar-refractivity contribution in [2.45, 2.75) is 52.4 Å². The molecule has 0 fully saturated rings. The van der Waals surface area contributed by atoms with E-state index in [-0.39, 0.29) is 10.8 Å². The van der Waals surface area contributed by atoms with Crippen LogP contribution in [0.3, 0.4) is 0 Å². The maximum Gasteiger partial charge on any atom is 0.0736 e. The van der Waals surface area contributed by atoms with E-state index < -0.39 is 0 Å². The van der Waals surface area contributed by atoms with Gasteiger partial charge in [0.2, 0.25) is 0 Å². The summed E-state index contributed by atoms with van der Waals surface area (Å²) in [5, 5.41) is 2.45. The van der Waals surface area contributed by atoms with Gasteiger partial charge in [0, 0.05) is 33.0 Å². The van der Waals surface area contributed by atoms with Gasteiger partial charge in [0.05, 0.1) is 33.8 Å². The first kappa shape index (κ1) is 27.5. The lowest BCUT2D eigenvalue weighted by atomic mass is 9.83. The van der Waals surface area contributed by atoms with Crippen LogP contribution in [0.15, 0.2) is 109 Å². The van der Waals surface area contributed by atoms with Crippen molar-refractivity contribution in [3.63, 3.8) is 0 Å². The Bertz CT molecular complexity index is 2270. The van der Waals surface area contributed by atoms with Crippen molar-refractivity contribution in [2.24, 2.45) is 0 Å². The molecule has 0 atom stereocenters. The first-order chi connectivity index (χ1) is 21.5. The fourth-order valence-corrected chi connectivity index (χ4v) is 6.57. The van der Waals surface area contributed by atoms with Crippen LogP contribution in [0.1, 0.15) is 52.7 Å². The van der Waals surface area contributed by atoms with E-state index in [1.165, 1.54) is 27.5 Å². The van der Waals surface area contributed by atoms with Crippen LogP contribution in [0.5, 0.6) is 0 Å². The summed E-state index contributed by atoms with van der Waals surface area (Å²) in [4.78, 5) is 14.6. The molecule has 0 saturated carbocycles. The Labute approximate surface area is 265 Å². The number of benzene rings is 4.